The smallest absolute Gasteiger partial charge is 0.141 e. The molecule has 0 aliphatic rings. The van der Waals surface area contributed by atoms with Crippen molar-refractivity contribution in [2.24, 2.45) is 0 Å². The molecule has 0 saturated heterocycles. The fourth-order valence-electron chi connectivity index (χ4n) is 3.63. The second-order valence-corrected chi connectivity index (χ2v) is 11.1. The van der Waals surface area contributed by atoms with Crippen molar-refractivity contribution in [2.75, 3.05) is 0 Å². The number of hydrogen-bond acceptors (Lipinski definition) is 2. The number of aromatic nitrogens is 2. The molecule has 0 amide bonds. The summed E-state index contributed by atoms with van der Waals surface area (Å²) < 4.78 is 0. The summed E-state index contributed by atoms with van der Waals surface area (Å²) >= 11 is 0. The highest BCUT2D eigenvalue weighted by Gasteiger charge is 2.40. The fraction of sp³-hybridized carbons (Fsp3) is 0.583. The Morgan fingerprint density at radius 2 is 1.19 bits per heavy atom. The maximum absolute atomic E-state index is 4.85. The van der Waals surface area contributed by atoms with Crippen molar-refractivity contribution in [3.05, 3.63) is 53.1 Å². The quantitative estimate of drug-likeness (QED) is 0.745. The van der Waals surface area contributed by atoms with E-state index in [0.29, 0.717) is 0 Å². The van der Waals surface area contributed by atoms with Crippen LogP contribution < -0.4 is 5.46 Å². The van der Waals surface area contributed by atoms with Gasteiger partial charge in [-0.1, -0.05) is 86.8 Å². The summed E-state index contributed by atoms with van der Waals surface area (Å²) in [7, 11) is 2.18. The molecule has 0 aliphatic carbocycles. The van der Waals surface area contributed by atoms with E-state index in [4.69, 9.17) is 9.97 Å². The molecule has 2 nitrogen and oxygen atoms in total. The molecule has 2 rings (SSSR count). The van der Waals surface area contributed by atoms with Gasteiger partial charge in [0.25, 0.3) is 0 Å². The Balaban J connectivity index is 2.46. The van der Waals surface area contributed by atoms with Crippen molar-refractivity contribution in [3.63, 3.8) is 0 Å². The average molecular weight is 364 g/mol. The Morgan fingerprint density at radius 1 is 0.667 bits per heavy atom. The molecule has 0 spiro atoms. The number of hydrogen-bond donors (Lipinski definition) is 0. The number of rotatable bonds is 3. The number of nitrogens with zero attached hydrogens (tertiary/aromatic N) is 2. The van der Waals surface area contributed by atoms with Gasteiger partial charge in [-0.25, -0.2) is 0 Å². The summed E-state index contributed by atoms with van der Waals surface area (Å²) in [5.74, 6) is 0. The minimum absolute atomic E-state index is 0.0645. The molecule has 0 atom stereocenters. The number of pyridine rings is 2. The predicted octanol–water partition coefficient (Wildman–Crippen LogP) is 4.59. The van der Waals surface area contributed by atoms with E-state index in [2.05, 4.69) is 108 Å². The molecule has 2 aromatic rings. The summed E-state index contributed by atoms with van der Waals surface area (Å²) in [6.45, 7) is 22.5. The van der Waals surface area contributed by atoms with Crippen LogP contribution >= 0.6 is 0 Å². The first kappa shape index (κ1) is 21.7. The van der Waals surface area contributed by atoms with Gasteiger partial charge in [-0.05, 0) is 17.2 Å². The highest BCUT2D eigenvalue weighted by Crippen LogP contribution is 2.43. The first-order valence-corrected chi connectivity index (χ1v) is 10.0. The van der Waals surface area contributed by atoms with E-state index in [9.17, 15) is 0 Å². The molecule has 0 aliphatic heterocycles. The van der Waals surface area contributed by atoms with Crippen molar-refractivity contribution in [1.29, 1.82) is 0 Å². The maximum atomic E-state index is 4.85. The molecule has 2 heterocycles. The van der Waals surface area contributed by atoms with Crippen LogP contribution in [0.25, 0.3) is 0 Å². The van der Waals surface area contributed by atoms with E-state index in [0.717, 1.165) is 5.69 Å². The van der Waals surface area contributed by atoms with Crippen molar-refractivity contribution in [3.8, 4) is 0 Å². The molecule has 0 bridgehead atoms. The molecule has 0 fully saturated rings. The first-order valence-electron chi connectivity index (χ1n) is 10.0. The zero-order valence-corrected chi connectivity index (χ0v) is 19.3. The molecule has 0 saturated carbocycles. The Morgan fingerprint density at radius 3 is 1.59 bits per heavy atom. The first-order chi connectivity index (χ1) is 12.1. The van der Waals surface area contributed by atoms with Gasteiger partial charge in [-0.3, -0.25) is 9.97 Å². The summed E-state index contributed by atoms with van der Waals surface area (Å²) in [4.78, 5) is 9.63. The van der Waals surface area contributed by atoms with Crippen molar-refractivity contribution in [1.82, 2.24) is 9.97 Å². The van der Waals surface area contributed by atoms with Gasteiger partial charge in [-0.2, -0.15) is 0 Å². The molecular formula is C24H37BN2. The molecule has 146 valence electrons. The van der Waals surface area contributed by atoms with E-state index in [1.54, 1.807) is 0 Å². The van der Waals surface area contributed by atoms with Crippen LogP contribution in [0.1, 0.15) is 91.8 Å². The van der Waals surface area contributed by atoms with Gasteiger partial charge >= 0.3 is 0 Å². The third kappa shape index (κ3) is 4.12. The zero-order valence-electron chi connectivity index (χ0n) is 19.3. The van der Waals surface area contributed by atoms with Crippen molar-refractivity contribution >= 4 is 13.3 Å². The minimum Gasteiger partial charge on any atom is -0.261 e. The average Bonchev–Trinajstić information content (AvgIpc) is 2.52. The van der Waals surface area contributed by atoms with Crippen LogP contribution in [0.2, 0.25) is 0 Å². The summed E-state index contributed by atoms with van der Waals surface area (Å²) in [5.41, 5.74) is 6.10. The zero-order chi connectivity index (χ0) is 20.8. The van der Waals surface area contributed by atoms with E-state index in [1.165, 1.54) is 22.3 Å². The molecule has 0 N–H and O–H groups in total. The topological polar surface area (TPSA) is 25.8 Å². The Labute approximate surface area is 167 Å². The fourth-order valence-corrected chi connectivity index (χ4v) is 3.63. The third-order valence-corrected chi connectivity index (χ3v) is 6.33. The van der Waals surface area contributed by atoms with Crippen LogP contribution in [0, 0.1) is 0 Å². The Hall–Kier alpha value is -1.64. The predicted molar refractivity (Wildman–Crippen MR) is 120 cm³/mol. The lowest BCUT2D eigenvalue weighted by atomic mass is 9.61. The third-order valence-electron chi connectivity index (χ3n) is 6.33. The van der Waals surface area contributed by atoms with Crippen LogP contribution in [-0.2, 0) is 21.7 Å². The minimum atomic E-state index is -0.0773. The molecule has 0 radical (unpaired) electrons. The maximum Gasteiger partial charge on any atom is 0.141 e. The lowest BCUT2D eigenvalue weighted by Gasteiger charge is -2.43. The highest BCUT2D eigenvalue weighted by molar-refractivity contribution is 6.33. The van der Waals surface area contributed by atoms with E-state index < -0.39 is 0 Å². The van der Waals surface area contributed by atoms with Crippen LogP contribution in [0.4, 0.5) is 0 Å². The molecule has 3 heteroatoms. The van der Waals surface area contributed by atoms with Crippen molar-refractivity contribution < 1.29 is 0 Å². The standard InChI is InChI=1S/C24H37BN2/c1-21(2,3)19-12-11-16(14-26-19)23(7,8)24(9,10)17-13-18(25)20(27-15-17)22(4,5)6/h11-15H,25H2,1-10H3. The summed E-state index contributed by atoms with van der Waals surface area (Å²) in [6, 6.07) is 6.75. The molecule has 2 aromatic heterocycles. The Kier molecular flexibility index (Phi) is 5.42. The summed E-state index contributed by atoms with van der Waals surface area (Å²) in [5, 5.41) is 0. The van der Waals surface area contributed by atoms with Gasteiger partial charge in [0.15, 0.2) is 0 Å². The summed E-state index contributed by atoms with van der Waals surface area (Å²) in [6.07, 6.45) is 4.14. The molecular weight excluding hydrogens is 327 g/mol. The lowest BCUT2D eigenvalue weighted by Crippen LogP contribution is -2.41. The van der Waals surface area contributed by atoms with Gasteiger partial charge in [0.2, 0.25) is 0 Å². The van der Waals surface area contributed by atoms with Gasteiger partial charge in [0, 0.05) is 45.4 Å². The largest absolute Gasteiger partial charge is 0.261 e. The monoisotopic (exact) mass is 364 g/mol. The molecule has 27 heavy (non-hydrogen) atoms. The normalized spacial score (nSPS) is 13.7. The van der Waals surface area contributed by atoms with Crippen LogP contribution in [-0.4, -0.2) is 17.8 Å². The van der Waals surface area contributed by atoms with E-state index >= 15 is 0 Å². The molecule has 0 unspecified atom stereocenters. The van der Waals surface area contributed by atoms with E-state index in [1.807, 2.05) is 0 Å². The van der Waals surface area contributed by atoms with Crippen LogP contribution in [0.5, 0.6) is 0 Å². The van der Waals surface area contributed by atoms with Crippen LogP contribution in [0.15, 0.2) is 30.6 Å². The van der Waals surface area contributed by atoms with Gasteiger partial charge < -0.3 is 0 Å². The van der Waals surface area contributed by atoms with Gasteiger partial charge in [0.05, 0.1) is 0 Å². The lowest BCUT2D eigenvalue weighted by molar-refractivity contribution is 0.301. The van der Waals surface area contributed by atoms with Gasteiger partial charge in [0.1, 0.15) is 7.85 Å². The SMILES string of the molecule is Bc1cc(C(C)(C)C(C)(C)c2ccc(C(C)(C)C)nc2)cnc1C(C)(C)C. The van der Waals surface area contributed by atoms with Crippen molar-refractivity contribution in [2.45, 2.75) is 90.9 Å². The second-order valence-electron chi connectivity index (χ2n) is 11.1. The second kappa shape index (κ2) is 6.76. The highest BCUT2D eigenvalue weighted by atomic mass is 14.7. The van der Waals surface area contributed by atoms with Crippen LogP contribution in [0.3, 0.4) is 0 Å². The van der Waals surface area contributed by atoms with Gasteiger partial charge in [-0.15, -0.1) is 0 Å². The molecule has 0 aromatic carbocycles. The van der Waals surface area contributed by atoms with E-state index in [-0.39, 0.29) is 21.7 Å². The Bertz CT molecular complexity index is 804.